The largest absolute Gasteiger partial charge is 0.472 e. The van der Waals surface area contributed by atoms with Gasteiger partial charge in [0.2, 0.25) is 11.2 Å². The monoisotopic (exact) mass is 382 g/mol. The molecule has 1 aromatic carbocycles. The Morgan fingerprint density at radius 1 is 1.40 bits per heavy atom. The lowest BCUT2D eigenvalue weighted by molar-refractivity contribution is -0.139. The maximum atomic E-state index is 12.6. The zero-order chi connectivity index (χ0) is 18.6. The molecule has 0 saturated carbocycles. The van der Waals surface area contributed by atoms with Crippen molar-refractivity contribution in [3.63, 3.8) is 0 Å². The summed E-state index contributed by atoms with van der Waals surface area (Å²) in [5, 5.41) is 14.2. The van der Waals surface area contributed by atoms with E-state index in [0.29, 0.717) is 28.0 Å². The second-order valence-corrected chi connectivity index (χ2v) is 6.98. The van der Waals surface area contributed by atoms with E-state index in [1.165, 1.54) is 11.3 Å². The minimum absolute atomic E-state index is 0.165. The molecule has 2 rings (SSSR count). The first-order valence-corrected chi connectivity index (χ1v) is 8.84. The molecule has 1 atom stereocenters. The SMILES string of the molecule is CCC(=NO)C(Oc1ccc(Cl)cc1C)C(=O)Oc1sc(C)nc1C. The van der Waals surface area contributed by atoms with E-state index in [-0.39, 0.29) is 5.71 Å². The lowest BCUT2D eigenvalue weighted by Crippen LogP contribution is -2.38. The number of hydrogen-bond donors (Lipinski definition) is 1. The van der Waals surface area contributed by atoms with E-state index in [1.807, 2.05) is 13.8 Å². The lowest BCUT2D eigenvalue weighted by Gasteiger charge is -2.19. The maximum absolute atomic E-state index is 12.6. The first-order valence-electron chi connectivity index (χ1n) is 7.65. The highest BCUT2D eigenvalue weighted by molar-refractivity contribution is 7.13. The van der Waals surface area contributed by atoms with Crippen LogP contribution in [0.15, 0.2) is 23.4 Å². The van der Waals surface area contributed by atoms with E-state index in [4.69, 9.17) is 21.1 Å². The summed E-state index contributed by atoms with van der Waals surface area (Å²) in [5.74, 6) is -0.214. The molecule has 6 nitrogen and oxygen atoms in total. The molecule has 1 aromatic heterocycles. The van der Waals surface area contributed by atoms with Crippen LogP contribution in [0, 0.1) is 20.8 Å². The van der Waals surface area contributed by atoms with Crippen LogP contribution >= 0.6 is 22.9 Å². The van der Waals surface area contributed by atoms with Crippen molar-refractivity contribution in [2.45, 2.75) is 40.2 Å². The predicted octanol–water partition coefficient (Wildman–Crippen LogP) is 4.31. The van der Waals surface area contributed by atoms with Crippen LogP contribution < -0.4 is 9.47 Å². The molecule has 25 heavy (non-hydrogen) atoms. The van der Waals surface area contributed by atoms with Crippen LogP contribution in [0.5, 0.6) is 10.8 Å². The molecule has 0 radical (unpaired) electrons. The van der Waals surface area contributed by atoms with Crippen molar-refractivity contribution in [2.24, 2.45) is 5.16 Å². The van der Waals surface area contributed by atoms with Crippen LogP contribution in [0.3, 0.4) is 0 Å². The first kappa shape index (κ1) is 19.2. The second-order valence-electron chi connectivity index (χ2n) is 5.38. The van der Waals surface area contributed by atoms with Crippen LogP contribution in [-0.4, -0.2) is 28.0 Å². The Morgan fingerprint density at radius 2 is 2.12 bits per heavy atom. The summed E-state index contributed by atoms with van der Waals surface area (Å²) in [7, 11) is 0. The number of rotatable bonds is 6. The predicted molar refractivity (Wildman–Crippen MR) is 97.3 cm³/mol. The molecule has 1 N–H and O–H groups in total. The zero-order valence-corrected chi connectivity index (χ0v) is 15.9. The third-order valence-electron chi connectivity index (χ3n) is 3.44. The minimum Gasteiger partial charge on any atom is -0.472 e. The third-order valence-corrected chi connectivity index (χ3v) is 4.63. The number of hydrogen-bond acceptors (Lipinski definition) is 7. The van der Waals surface area contributed by atoms with Gasteiger partial charge in [0.15, 0.2) is 0 Å². The van der Waals surface area contributed by atoms with Crippen LogP contribution in [0.1, 0.15) is 29.6 Å². The summed E-state index contributed by atoms with van der Waals surface area (Å²) in [6.45, 7) is 7.15. The Kier molecular flexibility index (Phi) is 6.39. The van der Waals surface area contributed by atoms with Gasteiger partial charge in [-0.25, -0.2) is 9.78 Å². The second kappa shape index (κ2) is 8.31. The number of aromatic nitrogens is 1. The lowest BCUT2D eigenvalue weighted by atomic mass is 10.1. The molecule has 0 aliphatic carbocycles. The van der Waals surface area contributed by atoms with Crippen molar-refractivity contribution in [3.05, 3.63) is 39.5 Å². The molecule has 1 heterocycles. The molecule has 0 spiro atoms. The molecule has 134 valence electrons. The van der Waals surface area contributed by atoms with Gasteiger partial charge in [-0.05, 0) is 51.0 Å². The Balaban J connectivity index is 2.29. The van der Waals surface area contributed by atoms with Crippen molar-refractivity contribution in [1.29, 1.82) is 0 Å². The molecule has 0 saturated heterocycles. The van der Waals surface area contributed by atoms with Gasteiger partial charge in [0, 0.05) is 5.02 Å². The fraction of sp³-hybridized carbons (Fsp3) is 0.353. The van der Waals surface area contributed by atoms with E-state index in [2.05, 4.69) is 10.1 Å². The number of ether oxygens (including phenoxy) is 2. The molecule has 2 aromatic rings. The highest BCUT2D eigenvalue weighted by Gasteiger charge is 2.30. The fourth-order valence-electron chi connectivity index (χ4n) is 2.18. The van der Waals surface area contributed by atoms with Gasteiger partial charge in [0.25, 0.3) is 0 Å². The Hall–Kier alpha value is -2.12. The summed E-state index contributed by atoms with van der Waals surface area (Å²) < 4.78 is 11.2. The molecular formula is C17H19ClN2O4S. The van der Waals surface area contributed by atoms with Crippen LogP contribution in [0.25, 0.3) is 0 Å². The Bertz CT molecular complexity index is 804. The Morgan fingerprint density at radius 3 is 2.64 bits per heavy atom. The number of esters is 1. The third kappa shape index (κ3) is 4.70. The smallest absolute Gasteiger partial charge is 0.359 e. The van der Waals surface area contributed by atoms with Crippen LogP contribution in [0.2, 0.25) is 5.02 Å². The van der Waals surface area contributed by atoms with Crippen molar-refractivity contribution >= 4 is 34.6 Å². The molecule has 0 amide bonds. The number of carbonyl (C=O) groups is 1. The summed E-state index contributed by atoms with van der Waals surface area (Å²) >= 11 is 7.21. The molecule has 0 fully saturated rings. The number of carbonyl (C=O) groups excluding carboxylic acids is 1. The number of halogens is 1. The van der Waals surface area contributed by atoms with Crippen molar-refractivity contribution in [2.75, 3.05) is 0 Å². The normalized spacial score (nSPS) is 12.8. The maximum Gasteiger partial charge on any atom is 0.359 e. The van der Waals surface area contributed by atoms with Crippen LogP contribution in [-0.2, 0) is 4.79 Å². The zero-order valence-electron chi connectivity index (χ0n) is 14.4. The number of aryl methyl sites for hydroxylation is 3. The van der Waals surface area contributed by atoms with Gasteiger partial charge < -0.3 is 14.7 Å². The van der Waals surface area contributed by atoms with Crippen molar-refractivity contribution in [1.82, 2.24) is 4.98 Å². The van der Waals surface area contributed by atoms with Gasteiger partial charge in [-0.15, -0.1) is 0 Å². The van der Waals surface area contributed by atoms with E-state index >= 15 is 0 Å². The number of nitrogens with zero attached hydrogens (tertiary/aromatic N) is 2. The molecule has 8 heteroatoms. The quantitative estimate of drug-likeness (QED) is 0.348. The van der Waals surface area contributed by atoms with Gasteiger partial charge in [-0.1, -0.05) is 35.0 Å². The van der Waals surface area contributed by atoms with Crippen molar-refractivity contribution in [3.8, 4) is 10.8 Å². The first-order chi connectivity index (χ1) is 11.8. The van der Waals surface area contributed by atoms with Gasteiger partial charge in [-0.3, -0.25) is 0 Å². The molecule has 0 bridgehead atoms. The van der Waals surface area contributed by atoms with Crippen molar-refractivity contribution < 1.29 is 19.5 Å². The van der Waals surface area contributed by atoms with E-state index < -0.39 is 12.1 Å². The standard InChI is InChI=1S/C17H19ClN2O4S/c1-5-13(20-22)15(23-14-7-6-12(18)8-9(14)2)16(21)24-17-10(3)19-11(4)25-17/h6-8,15,22H,5H2,1-4H3. The fourth-order valence-corrected chi connectivity index (χ4v) is 3.18. The van der Waals surface area contributed by atoms with Crippen LogP contribution in [0.4, 0.5) is 0 Å². The summed E-state index contributed by atoms with van der Waals surface area (Å²) in [4.78, 5) is 16.9. The summed E-state index contributed by atoms with van der Waals surface area (Å²) in [6.07, 6.45) is -0.847. The summed E-state index contributed by atoms with van der Waals surface area (Å²) in [5.41, 5.74) is 1.54. The average molecular weight is 383 g/mol. The molecule has 0 aliphatic heterocycles. The number of benzene rings is 1. The van der Waals surface area contributed by atoms with Gasteiger partial charge in [-0.2, -0.15) is 0 Å². The highest BCUT2D eigenvalue weighted by Crippen LogP contribution is 2.28. The van der Waals surface area contributed by atoms with E-state index in [0.717, 1.165) is 10.6 Å². The van der Waals surface area contributed by atoms with Gasteiger partial charge in [0.1, 0.15) is 11.5 Å². The minimum atomic E-state index is -1.17. The van der Waals surface area contributed by atoms with Gasteiger partial charge >= 0.3 is 5.97 Å². The molecule has 0 aliphatic rings. The van der Waals surface area contributed by atoms with E-state index in [9.17, 15) is 10.0 Å². The number of oxime groups is 1. The van der Waals surface area contributed by atoms with Gasteiger partial charge in [0.05, 0.1) is 10.7 Å². The van der Waals surface area contributed by atoms with E-state index in [1.54, 1.807) is 32.0 Å². The summed E-state index contributed by atoms with van der Waals surface area (Å²) in [6, 6.07) is 5.03. The molecule has 1 unspecified atom stereocenters. The average Bonchev–Trinajstić information content (AvgIpc) is 2.86. The molecular weight excluding hydrogens is 364 g/mol. The topological polar surface area (TPSA) is 81.0 Å². The highest BCUT2D eigenvalue weighted by atomic mass is 35.5. The Labute approximate surface area is 155 Å². The number of thiazole rings is 1.